The number of hydrogen-bond donors (Lipinski definition) is 1. The Balaban J connectivity index is 2.05. The molecule has 1 fully saturated rings. The Labute approximate surface area is 111 Å². The molecular weight excluding hydrogens is 222 g/mol. The van der Waals surface area contributed by atoms with Crippen molar-refractivity contribution in [2.75, 3.05) is 0 Å². The van der Waals surface area contributed by atoms with Crippen molar-refractivity contribution in [1.29, 1.82) is 0 Å². The molecule has 0 amide bonds. The van der Waals surface area contributed by atoms with E-state index in [0.717, 1.165) is 25.0 Å². The molecule has 2 N–H and O–H groups in total. The Bertz CT molecular complexity index is 364. The molecule has 1 aromatic rings. The van der Waals surface area contributed by atoms with Gasteiger partial charge in [-0.15, -0.1) is 0 Å². The highest BCUT2D eigenvalue weighted by molar-refractivity contribution is 5.33. The first-order chi connectivity index (χ1) is 8.81. The lowest BCUT2D eigenvalue weighted by atomic mass is 9.94. The van der Waals surface area contributed by atoms with Crippen LogP contribution in [0.2, 0.25) is 0 Å². The van der Waals surface area contributed by atoms with Crippen LogP contribution in [-0.4, -0.2) is 12.1 Å². The predicted octanol–water partition coefficient (Wildman–Crippen LogP) is 3.68. The summed E-state index contributed by atoms with van der Waals surface area (Å²) in [7, 11) is 0. The van der Waals surface area contributed by atoms with E-state index in [1.807, 2.05) is 6.07 Å². The summed E-state index contributed by atoms with van der Waals surface area (Å²) in [5, 5.41) is 0. The topological polar surface area (TPSA) is 35.2 Å². The van der Waals surface area contributed by atoms with Gasteiger partial charge in [0.2, 0.25) is 0 Å². The molecule has 1 aromatic carbocycles. The second-order valence-electron chi connectivity index (χ2n) is 5.27. The fraction of sp³-hybridized carbons (Fsp3) is 0.625. The average molecular weight is 247 g/mol. The van der Waals surface area contributed by atoms with E-state index in [4.69, 9.17) is 10.5 Å². The Kier molecular flexibility index (Phi) is 5.06. The lowest BCUT2D eigenvalue weighted by molar-refractivity contribution is 0.144. The third kappa shape index (κ3) is 3.49. The molecule has 0 bridgehead atoms. The zero-order chi connectivity index (χ0) is 12.8. The Hall–Kier alpha value is -1.02. The zero-order valence-electron chi connectivity index (χ0n) is 11.4. The number of para-hydroxylation sites is 1. The molecule has 0 aliphatic heterocycles. The Morgan fingerprint density at radius 2 is 1.83 bits per heavy atom. The standard InChI is InChI=1S/C16H25NO/c1-2-13-9-7-8-11-15(13)18-16-12-6-4-3-5-10-14(16)17/h7-9,11,14,16H,2-6,10,12,17H2,1H3. The maximum absolute atomic E-state index is 6.26. The van der Waals surface area contributed by atoms with Crippen molar-refractivity contribution in [3.05, 3.63) is 29.8 Å². The average Bonchev–Trinajstić information content (AvgIpc) is 2.39. The maximum atomic E-state index is 6.26. The van der Waals surface area contributed by atoms with Crippen LogP contribution in [0.1, 0.15) is 51.0 Å². The molecule has 1 saturated carbocycles. The molecule has 0 heterocycles. The summed E-state index contributed by atoms with van der Waals surface area (Å²) in [6, 6.07) is 8.52. The molecule has 1 aliphatic carbocycles. The van der Waals surface area contributed by atoms with E-state index in [-0.39, 0.29) is 12.1 Å². The minimum Gasteiger partial charge on any atom is -0.489 e. The second-order valence-corrected chi connectivity index (χ2v) is 5.27. The summed E-state index contributed by atoms with van der Waals surface area (Å²) in [5.41, 5.74) is 7.55. The van der Waals surface area contributed by atoms with Crippen molar-refractivity contribution in [2.45, 2.75) is 64.0 Å². The summed E-state index contributed by atoms with van der Waals surface area (Å²) in [6.07, 6.45) is 8.53. The van der Waals surface area contributed by atoms with Gasteiger partial charge in [0.05, 0.1) is 0 Å². The predicted molar refractivity (Wildman–Crippen MR) is 75.9 cm³/mol. The van der Waals surface area contributed by atoms with Crippen LogP contribution < -0.4 is 10.5 Å². The zero-order valence-corrected chi connectivity index (χ0v) is 11.4. The number of ether oxygens (including phenoxy) is 1. The van der Waals surface area contributed by atoms with Gasteiger partial charge in [0.1, 0.15) is 11.9 Å². The van der Waals surface area contributed by atoms with Crippen LogP contribution in [0.5, 0.6) is 5.75 Å². The van der Waals surface area contributed by atoms with E-state index in [0.29, 0.717) is 0 Å². The quantitative estimate of drug-likeness (QED) is 0.884. The maximum Gasteiger partial charge on any atom is 0.122 e. The fourth-order valence-corrected chi connectivity index (χ4v) is 2.70. The van der Waals surface area contributed by atoms with Gasteiger partial charge < -0.3 is 10.5 Å². The number of nitrogens with two attached hydrogens (primary N) is 1. The lowest BCUT2D eigenvalue weighted by Crippen LogP contribution is -2.39. The van der Waals surface area contributed by atoms with Crippen LogP contribution >= 0.6 is 0 Å². The summed E-state index contributed by atoms with van der Waals surface area (Å²) in [5.74, 6) is 1.03. The van der Waals surface area contributed by atoms with Crippen LogP contribution in [0.15, 0.2) is 24.3 Å². The van der Waals surface area contributed by atoms with Gasteiger partial charge in [0.25, 0.3) is 0 Å². The number of hydrogen-bond acceptors (Lipinski definition) is 2. The van der Waals surface area contributed by atoms with Gasteiger partial charge in [-0.05, 0) is 37.3 Å². The van der Waals surface area contributed by atoms with Gasteiger partial charge in [-0.1, -0.05) is 44.4 Å². The second kappa shape index (κ2) is 6.79. The summed E-state index contributed by atoms with van der Waals surface area (Å²) >= 11 is 0. The van der Waals surface area contributed by atoms with Gasteiger partial charge in [-0.2, -0.15) is 0 Å². The Morgan fingerprint density at radius 3 is 2.61 bits per heavy atom. The van der Waals surface area contributed by atoms with Crippen molar-refractivity contribution in [3.63, 3.8) is 0 Å². The van der Waals surface area contributed by atoms with Crippen molar-refractivity contribution >= 4 is 0 Å². The first-order valence-electron chi connectivity index (χ1n) is 7.31. The van der Waals surface area contributed by atoms with Crippen molar-refractivity contribution in [3.8, 4) is 5.75 Å². The van der Waals surface area contributed by atoms with Gasteiger partial charge in [0, 0.05) is 6.04 Å². The molecule has 0 saturated heterocycles. The van der Waals surface area contributed by atoms with E-state index in [9.17, 15) is 0 Å². The summed E-state index contributed by atoms with van der Waals surface area (Å²) < 4.78 is 6.20. The highest BCUT2D eigenvalue weighted by atomic mass is 16.5. The molecule has 100 valence electrons. The Morgan fingerprint density at radius 1 is 1.11 bits per heavy atom. The van der Waals surface area contributed by atoms with Crippen molar-refractivity contribution < 1.29 is 4.74 Å². The van der Waals surface area contributed by atoms with Gasteiger partial charge in [-0.25, -0.2) is 0 Å². The van der Waals surface area contributed by atoms with Crippen LogP contribution in [0.3, 0.4) is 0 Å². The number of benzene rings is 1. The molecular formula is C16H25NO. The fourth-order valence-electron chi connectivity index (χ4n) is 2.70. The molecule has 2 rings (SSSR count). The molecule has 2 unspecified atom stereocenters. The highest BCUT2D eigenvalue weighted by Crippen LogP contribution is 2.25. The largest absolute Gasteiger partial charge is 0.489 e. The van der Waals surface area contributed by atoms with Gasteiger partial charge in [0.15, 0.2) is 0 Å². The normalized spacial score (nSPS) is 25.2. The smallest absolute Gasteiger partial charge is 0.122 e. The van der Waals surface area contributed by atoms with Crippen molar-refractivity contribution in [2.24, 2.45) is 5.73 Å². The van der Waals surface area contributed by atoms with Crippen molar-refractivity contribution in [1.82, 2.24) is 0 Å². The number of aryl methyl sites for hydroxylation is 1. The van der Waals surface area contributed by atoms with E-state index >= 15 is 0 Å². The van der Waals surface area contributed by atoms with Crippen LogP contribution in [0.25, 0.3) is 0 Å². The molecule has 18 heavy (non-hydrogen) atoms. The first-order valence-corrected chi connectivity index (χ1v) is 7.31. The third-order valence-corrected chi connectivity index (χ3v) is 3.89. The summed E-state index contributed by atoms with van der Waals surface area (Å²) in [6.45, 7) is 2.17. The lowest BCUT2D eigenvalue weighted by Gasteiger charge is -2.28. The van der Waals surface area contributed by atoms with Crippen LogP contribution in [0.4, 0.5) is 0 Å². The monoisotopic (exact) mass is 247 g/mol. The molecule has 0 spiro atoms. The van der Waals surface area contributed by atoms with E-state index in [1.165, 1.54) is 31.2 Å². The SMILES string of the molecule is CCc1ccccc1OC1CCCCCCC1N. The first kappa shape index (κ1) is 13.4. The minimum atomic E-state index is 0.190. The summed E-state index contributed by atoms with van der Waals surface area (Å²) in [4.78, 5) is 0. The van der Waals surface area contributed by atoms with Crippen LogP contribution in [-0.2, 0) is 6.42 Å². The highest BCUT2D eigenvalue weighted by Gasteiger charge is 2.21. The molecule has 1 aliphatic rings. The molecule has 2 heteroatoms. The minimum absolute atomic E-state index is 0.190. The van der Waals surface area contributed by atoms with Gasteiger partial charge in [-0.3, -0.25) is 0 Å². The molecule has 2 atom stereocenters. The molecule has 2 nitrogen and oxygen atoms in total. The van der Waals surface area contributed by atoms with E-state index in [1.54, 1.807) is 0 Å². The third-order valence-electron chi connectivity index (χ3n) is 3.89. The number of rotatable bonds is 3. The van der Waals surface area contributed by atoms with E-state index < -0.39 is 0 Å². The van der Waals surface area contributed by atoms with Gasteiger partial charge >= 0.3 is 0 Å². The van der Waals surface area contributed by atoms with Crippen LogP contribution in [0, 0.1) is 0 Å². The molecule has 0 aromatic heterocycles. The van der Waals surface area contributed by atoms with E-state index in [2.05, 4.69) is 25.1 Å². The molecule has 0 radical (unpaired) electrons.